The van der Waals surface area contributed by atoms with Crippen LogP contribution in [0.4, 0.5) is 0 Å². The maximum atomic E-state index is 9.88. The van der Waals surface area contributed by atoms with Gasteiger partial charge in [0, 0.05) is 0 Å². The second-order valence-corrected chi connectivity index (χ2v) is 5.34. The summed E-state index contributed by atoms with van der Waals surface area (Å²) in [6, 6.07) is 17.0. The largest absolute Gasteiger partial charge is 0.507 e. The van der Waals surface area contributed by atoms with Crippen molar-refractivity contribution in [2.45, 2.75) is 19.4 Å². The van der Waals surface area contributed by atoms with Gasteiger partial charge in [0.15, 0.2) is 0 Å². The minimum atomic E-state index is -0.420. The predicted octanol–water partition coefficient (Wildman–Crippen LogP) is 2.83. The van der Waals surface area contributed by atoms with Crippen molar-refractivity contribution < 1.29 is 5.11 Å². The Balaban J connectivity index is 2.01. The number of aromatic hydroxyl groups is 1. The Morgan fingerprint density at radius 2 is 1.62 bits per heavy atom. The molecule has 0 aliphatic carbocycles. The molecule has 1 heterocycles. The van der Waals surface area contributed by atoms with Gasteiger partial charge in [-0.15, -0.1) is 10.2 Å². The molecule has 1 aromatic heterocycles. The Bertz CT molecular complexity index is 750. The van der Waals surface area contributed by atoms with E-state index in [1.54, 1.807) is 23.0 Å². The molecule has 3 rings (SSSR count). The summed E-state index contributed by atoms with van der Waals surface area (Å²) in [6.07, 6.45) is 0. The van der Waals surface area contributed by atoms with E-state index in [1.165, 1.54) is 0 Å². The molecule has 0 aliphatic heterocycles. The van der Waals surface area contributed by atoms with E-state index in [2.05, 4.69) is 15.4 Å². The molecule has 0 atom stereocenters. The summed E-state index contributed by atoms with van der Waals surface area (Å²) in [5, 5.41) is 22.5. The van der Waals surface area contributed by atoms with Crippen LogP contribution < -0.4 is 0 Å². The number of tetrazole rings is 1. The molecule has 2 aromatic carbocycles. The Kier molecular flexibility index (Phi) is 3.17. The van der Waals surface area contributed by atoms with Gasteiger partial charge in [0.2, 0.25) is 5.82 Å². The Morgan fingerprint density at radius 3 is 2.33 bits per heavy atom. The van der Waals surface area contributed by atoms with Crippen molar-refractivity contribution in [2.75, 3.05) is 0 Å². The molecule has 0 bridgehead atoms. The third-order valence-corrected chi connectivity index (χ3v) is 3.54. The highest BCUT2D eigenvalue weighted by molar-refractivity contribution is 5.62. The van der Waals surface area contributed by atoms with Crippen LogP contribution in [0, 0.1) is 0 Å². The molecule has 106 valence electrons. The number of aromatic nitrogens is 4. The summed E-state index contributed by atoms with van der Waals surface area (Å²) in [6.45, 7) is 4.05. The number of phenols is 1. The fourth-order valence-electron chi connectivity index (χ4n) is 2.18. The number of para-hydroxylation sites is 1. The van der Waals surface area contributed by atoms with Crippen LogP contribution in [-0.2, 0) is 5.54 Å². The summed E-state index contributed by atoms with van der Waals surface area (Å²) in [4.78, 5) is 1.57. The topological polar surface area (TPSA) is 63.8 Å². The molecule has 0 fully saturated rings. The second kappa shape index (κ2) is 5.01. The fourth-order valence-corrected chi connectivity index (χ4v) is 2.18. The van der Waals surface area contributed by atoms with E-state index in [0.29, 0.717) is 11.4 Å². The zero-order valence-corrected chi connectivity index (χ0v) is 11.9. The third-order valence-electron chi connectivity index (χ3n) is 3.54. The van der Waals surface area contributed by atoms with Gasteiger partial charge in [0.05, 0.1) is 5.56 Å². The standard InChI is InChI=1S/C16H16N4O/c1-16(2,12-8-4-3-5-9-12)20-18-15(17-19-20)13-10-6-7-11-14(13)21/h3-11,21H,1-2H3. The van der Waals surface area contributed by atoms with E-state index in [1.807, 2.05) is 50.2 Å². The summed E-state index contributed by atoms with van der Waals surface area (Å²) in [7, 11) is 0. The van der Waals surface area contributed by atoms with Crippen molar-refractivity contribution >= 4 is 0 Å². The van der Waals surface area contributed by atoms with E-state index in [9.17, 15) is 5.11 Å². The van der Waals surface area contributed by atoms with E-state index in [0.717, 1.165) is 5.56 Å². The first-order valence-electron chi connectivity index (χ1n) is 6.73. The van der Waals surface area contributed by atoms with Crippen LogP contribution in [0.3, 0.4) is 0 Å². The van der Waals surface area contributed by atoms with Gasteiger partial charge in [-0.1, -0.05) is 42.5 Å². The minimum Gasteiger partial charge on any atom is -0.507 e. The normalized spacial score (nSPS) is 11.5. The molecular weight excluding hydrogens is 264 g/mol. The van der Waals surface area contributed by atoms with Crippen LogP contribution in [0.1, 0.15) is 19.4 Å². The van der Waals surface area contributed by atoms with Crippen LogP contribution in [0.5, 0.6) is 5.75 Å². The van der Waals surface area contributed by atoms with Crippen LogP contribution >= 0.6 is 0 Å². The molecule has 0 unspecified atom stereocenters. The molecule has 0 saturated heterocycles. The molecule has 5 nitrogen and oxygen atoms in total. The summed E-state index contributed by atoms with van der Waals surface area (Å²) < 4.78 is 0. The lowest BCUT2D eigenvalue weighted by molar-refractivity contribution is 0.337. The second-order valence-electron chi connectivity index (χ2n) is 5.34. The van der Waals surface area contributed by atoms with Gasteiger partial charge in [-0.3, -0.25) is 0 Å². The average Bonchev–Trinajstić information content (AvgIpc) is 2.99. The Morgan fingerprint density at radius 1 is 0.952 bits per heavy atom. The summed E-state index contributed by atoms with van der Waals surface area (Å²) in [5.41, 5.74) is 1.25. The predicted molar refractivity (Wildman–Crippen MR) is 79.8 cm³/mol. The van der Waals surface area contributed by atoms with Crippen molar-refractivity contribution in [3.63, 3.8) is 0 Å². The van der Waals surface area contributed by atoms with Gasteiger partial charge in [-0.25, -0.2) is 0 Å². The lowest BCUT2D eigenvalue weighted by atomic mass is 9.95. The SMILES string of the molecule is CC(C)(c1ccccc1)n1nnc(-c2ccccc2O)n1. The number of hydrogen-bond donors (Lipinski definition) is 1. The Labute approximate surface area is 122 Å². The van der Waals surface area contributed by atoms with Crippen molar-refractivity contribution in [1.29, 1.82) is 0 Å². The smallest absolute Gasteiger partial charge is 0.208 e. The van der Waals surface area contributed by atoms with Crippen molar-refractivity contribution in [3.05, 3.63) is 60.2 Å². The first-order chi connectivity index (χ1) is 10.1. The molecule has 0 radical (unpaired) electrons. The van der Waals surface area contributed by atoms with Crippen molar-refractivity contribution in [3.8, 4) is 17.1 Å². The summed E-state index contributed by atoms with van der Waals surface area (Å²) in [5.74, 6) is 0.562. The van der Waals surface area contributed by atoms with Gasteiger partial charge < -0.3 is 5.11 Å². The molecule has 0 amide bonds. The number of phenolic OH excluding ortho intramolecular Hbond substituents is 1. The molecular formula is C16H16N4O. The van der Waals surface area contributed by atoms with Gasteiger partial charge in [-0.2, -0.15) is 4.80 Å². The molecule has 0 spiro atoms. The van der Waals surface area contributed by atoms with Gasteiger partial charge in [0.25, 0.3) is 0 Å². The maximum Gasteiger partial charge on any atom is 0.208 e. The first kappa shape index (κ1) is 13.3. The van der Waals surface area contributed by atoms with Gasteiger partial charge >= 0.3 is 0 Å². The quantitative estimate of drug-likeness (QED) is 0.801. The van der Waals surface area contributed by atoms with E-state index in [4.69, 9.17) is 0 Å². The van der Waals surface area contributed by atoms with E-state index < -0.39 is 5.54 Å². The lowest BCUT2D eigenvalue weighted by Crippen LogP contribution is -2.30. The number of hydrogen-bond acceptors (Lipinski definition) is 4. The van der Waals surface area contributed by atoms with Crippen LogP contribution in [0.15, 0.2) is 54.6 Å². The van der Waals surface area contributed by atoms with Crippen LogP contribution in [0.25, 0.3) is 11.4 Å². The minimum absolute atomic E-state index is 0.148. The number of nitrogens with zero attached hydrogens (tertiary/aromatic N) is 4. The highest BCUT2D eigenvalue weighted by Crippen LogP contribution is 2.27. The Hall–Kier alpha value is -2.69. The lowest BCUT2D eigenvalue weighted by Gasteiger charge is -2.23. The molecule has 1 N–H and O–H groups in total. The van der Waals surface area contributed by atoms with Crippen LogP contribution in [-0.4, -0.2) is 25.3 Å². The highest BCUT2D eigenvalue weighted by Gasteiger charge is 2.26. The zero-order chi connectivity index (χ0) is 14.9. The third kappa shape index (κ3) is 2.38. The van der Waals surface area contributed by atoms with Gasteiger partial charge in [0.1, 0.15) is 11.3 Å². The molecule has 21 heavy (non-hydrogen) atoms. The van der Waals surface area contributed by atoms with E-state index in [-0.39, 0.29) is 5.75 Å². The fraction of sp³-hybridized carbons (Fsp3) is 0.188. The number of rotatable bonds is 3. The van der Waals surface area contributed by atoms with Gasteiger partial charge in [-0.05, 0) is 36.8 Å². The average molecular weight is 280 g/mol. The van der Waals surface area contributed by atoms with Crippen molar-refractivity contribution in [2.24, 2.45) is 0 Å². The van der Waals surface area contributed by atoms with Crippen LogP contribution in [0.2, 0.25) is 0 Å². The summed E-state index contributed by atoms with van der Waals surface area (Å²) >= 11 is 0. The molecule has 0 aliphatic rings. The first-order valence-corrected chi connectivity index (χ1v) is 6.73. The highest BCUT2D eigenvalue weighted by atomic mass is 16.3. The van der Waals surface area contributed by atoms with Crippen molar-refractivity contribution in [1.82, 2.24) is 20.2 Å². The molecule has 3 aromatic rings. The monoisotopic (exact) mass is 280 g/mol. The molecule has 5 heteroatoms. The molecule has 0 saturated carbocycles. The van der Waals surface area contributed by atoms with E-state index >= 15 is 0 Å². The maximum absolute atomic E-state index is 9.88. The zero-order valence-electron chi connectivity index (χ0n) is 11.9. The number of benzene rings is 2.